The third-order valence-electron chi connectivity index (χ3n) is 4.28. The lowest BCUT2D eigenvalue weighted by Crippen LogP contribution is -2.45. The van der Waals surface area contributed by atoms with Crippen molar-refractivity contribution >= 4 is 16.0 Å². The number of rotatable bonds is 5. The molecule has 0 radical (unpaired) electrons. The topological polar surface area (TPSA) is 73.8 Å². The average Bonchev–Trinajstić information content (AvgIpc) is 2.55. The van der Waals surface area contributed by atoms with Crippen LogP contribution >= 0.6 is 0 Å². The van der Waals surface area contributed by atoms with Gasteiger partial charge in [-0.2, -0.15) is 0 Å². The molecule has 2 N–H and O–H groups in total. The number of sulfonamides is 1. The molecule has 0 amide bonds. The Morgan fingerprint density at radius 3 is 2.79 bits per heavy atom. The number of benzene rings is 1. The first-order valence-electron chi connectivity index (χ1n) is 8.38. The number of likely N-dealkylation sites (tertiary alicyclic amines) is 1. The van der Waals surface area contributed by atoms with Gasteiger partial charge in [0.2, 0.25) is 10.0 Å². The first kappa shape index (κ1) is 18.7. The number of aliphatic imine (C=N–C) groups is 1. The summed E-state index contributed by atoms with van der Waals surface area (Å²) in [7, 11) is -0.0129. The van der Waals surface area contributed by atoms with Crippen molar-refractivity contribution in [2.75, 3.05) is 27.2 Å². The summed E-state index contributed by atoms with van der Waals surface area (Å²) in [5, 5.41) is 3.39. The summed E-state index contributed by atoms with van der Waals surface area (Å²) in [6.07, 6.45) is 2.47. The van der Waals surface area contributed by atoms with Gasteiger partial charge in [-0.1, -0.05) is 31.2 Å². The number of guanidine groups is 1. The molecule has 7 heteroatoms. The Balaban J connectivity index is 1.98. The van der Waals surface area contributed by atoms with Gasteiger partial charge < -0.3 is 10.2 Å². The molecule has 0 aliphatic carbocycles. The molecule has 6 nitrogen and oxygen atoms in total. The van der Waals surface area contributed by atoms with E-state index >= 15 is 0 Å². The molecule has 1 saturated heterocycles. The molecule has 1 aromatic rings. The maximum absolute atomic E-state index is 11.7. The minimum Gasteiger partial charge on any atom is -0.352 e. The van der Waals surface area contributed by atoms with Crippen molar-refractivity contribution < 1.29 is 8.42 Å². The monoisotopic (exact) mass is 352 g/mol. The van der Waals surface area contributed by atoms with E-state index < -0.39 is 10.0 Å². The molecule has 134 valence electrons. The molecule has 1 atom stereocenters. The van der Waals surface area contributed by atoms with Gasteiger partial charge in [0, 0.05) is 26.7 Å². The van der Waals surface area contributed by atoms with E-state index in [0.29, 0.717) is 12.5 Å². The molecular weight excluding hydrogens is 324 g/mol. The second-order valence-corrected chi connectivity index (χ2v) is 8.30. The molecule has 0 spiro atoms. The lowest BCUT2D eigenvalue weighted by atomic mass is 10.0. The van der Waals surface area contributed by atoms with Crippen molar-refractivity contribution in [2.45, 2.75) is 32.1 Å². The zero-order valence-corrected chi connectivity index (χ0v) is 15.6. The van der Waals surface area contributed by atoms with E-state index in [1.165, 1.54) is 19.9 Å². The second-order valence-electron chi connectivity index (χ2n) is 6.38. The molecule has 24 heavy (non-hydrogen) atoms. The largest absolute Gasteiger partial charge is 0.352 e. The Kier molecular flexibility index (Phi) is 6.62. The normalized spacial score (nSPS) is 19.4. The van der Waals surface area contributed by atoms with Crippen LogP contribution in [0, 0.1) is 5.92 Å². The summed E-state index contributed by atoms with van der Waals surface area (Å²) in [5.41, 5.74) is 1.83. The van der Waals surface area contributed by atoms with Gasteiger partial charge in [-0.05, 0) is 36.9 Å². The highest BCUT2D eigenvalue weighted by atomic mass is 32.2. The van der Waals surface area contributed by atoms with Gasteiger partial charge >= 0.3 is 0 Å². The zero-order chi connectivity index (χ0) is 17.6. The van der Waals surface area contributed by atoms with Crippen LogP contribution in [-0.4, -0.2) is 46.5 Å². The number of hydrogen-bond donors (Lipinski definition) is 2. The van der Waals surface area contributed by atoms with Crippen LogP contribution in [-0.2, 0) is 22.3 Å². The molecule has 0 aromatic heterocycles. The smallest absolute Gasteiger partial charge is 0.215 e. The molecular formula is C17H28N4O2S. The molecule has 1 aliphatic heterocycles. The third-order valence-corrected chi connectivity index (χ3v) is 5.61. The average molecular weight is 353 g/mol. The summed E-state index contributed by atoms with van der Waals surface area (Å²) in [5.74, 6) is 1.59. The fourth-order valence-corrected chi connectivity index (χ4v) is 3.78. The summed E-state index contributed by atoms with van der Waals surface area (Å²) in [4.78, 5) is 6.68. The van der Waals surface area contributed by atoms with E-state index in [9.17, 15) is 8.42 Å². The standard InChI is InChI=1S/C17H28N4O2S/c1-14-6-5-9-21(12-14)17(18-2)20-11-15-7-4-8-16(10-15)13-24(22,23)19-3/h4,7-8,10,14,19H,5-6,9,11-13H2,1-3H3,(H,18,20). The fourth-order valence-electron chi connectivity index (χ4n) is 3.02. The molecule has 2 rings (SSSR count). The Bertz CT molecular complexity index is 673. The van der Waals surface area contributed by atoms with E-state index in [2.05, 4.69) is 26.9 Å². The van der Waals surface area contributed by atoms with Crippen LogP contribution < -0.4 is 10.0 Å². The van der Waals surface area contributed by atoms with E-state index in [4.69, 9.17) is 0 Å². The van der Waals surface area contributed by atoms with Gasteiger partial charge in [0.25, 0.3) is 0 Å². The van der Waals surface area contributed by atoms with Crippen LogP contribution in [0.1, 0.15) is 30.9 Å². The van der Waals surface area contributed by atoms with Crippen molar-refractivity contribution in [2.24, 2.45) is 10.9 Å². The first-order chi connectivity index (χ1) is 11.4. The van der Waals surface area contributed by atoms with Gasteiger partial charge in [-0.15, -0.1) is 0 Å². The number of hydrogen-bond acceptors (Lipinski definition) is 3. The number of nitrogens with zero attached hydrogens (tertiary/aromatic N) is 2. The maximum Gasteiger partial charge on any atom is 0.215 e. The Morgan fingerprint density at radius 1 is 1.38 bits per heavy atom. The van der Waals surface area contributed by atoms with Crippen LogP contribution in [0.25, 0.3) is 0 Å². The molecule has 1 unspecified atom stereocenters. The van der Waals surface area contributed by atoms with Crippen LogP contribution in [0.3, 0.4) is 0 Å². The SMILES string of the molecule is CN=C(NCc1cccc(CS(=O)(=O)NC)c1)N1CCCC(C)C1. The minimum absolute atomic E-state index is 0.00426. The van der Waals surface area contributed by atoms with E-state index in [1.54, 1.807) is 7.05 Å². The molecule has 0 saturated carbocycles. The summed E-state index contributed by atoms with van der Waals surface area (Å²) < 4.78 is 25.7. The van der Waals surface area contributed by atoms with Crippen molar-refractivity contribution in [1.82, 2.24) is 14.9 Å². The molecule has 0 bridgehead atoms. The molecule has 1 heterocycles. The Morgan fingerprint density at radius 2 is 2.12 bits per heavy atom. The second kappa shape index (κ2) is 8.48. The van der Waals surface area contributed by atoms with Crippen LogP contribution in [0.15, 0.2) is 29.3 Å². The molecule has 1 aromatic carbocycles. The van der Waals surface area contributed by atoms with Gasteiger partial charge in [-0.25, -0.2) is 13.1 Å². The lowest BCUT2D eigenvalue weighted by molar-refractivity contribution is 0.266. The van der Waals surface area contributed by atoms with Crippen LogP contribution in [0.2, 0.25) is 0 Å². The summed E-state index contributed by atoms with van der Waals surface area (Å²) >= 11 is 0. The fraction of sp³-hybridized carbons (Fsp3) is 0.588. The van der Waals surface area contributed by atoms with Gasteiger partial charge in [0.1, 0.15) is 0 Å². The highest BCUT2D eigenvalue weighted by Crippen LogP contribution is 2.15. The quantitative estimate of drug-likeness (QED) is 0.623. The summed E-state index contributed by atoms with van der Waals surface area (Å²) in [6.45, 7) is 4.96. The van der Waals surface area contributed by atoms with Crippen LogP contribution in [0.5, 0.6) is 0 Å². The molecule has 1 fully saturated rings. The predicted octanol–water partition coefficient (Wildman–Crippen LogP) is 1.54. The highest BCUT2D eigenvalue weighted by molar-refractivity contribution is 7.88. The van der Waals surface area contributed by atoms with E-state index in [0.717, 1.165) is 30.2 Å². The van der Waals surface area contributed by atoms with E-state index in [-0.39, 0.29) is 5.75 Å². The third kappa shape index (κ3) is 5.49. The first-order valence-corrected chi connectivity index (χ1v) is 10.0. The van der Waals surface area contributed by atoms with Crippen molar-refractivity contribution in [3.63, 3.8) is 0 Å². The van der Waals surface area contributed by atoms with E-state index in [1.807, 2.05) is 24.3 Å². The molecule has 1 aliphatic rings. The minimum atomic E-state index is -3.25. The highest BCUT2D eigenvalue weighted by Gasteiger charge is 2.19. The Hall–Kier alpha value is -1.60. The van der Waals surface area contributed by atoms with Crippen molar-refractivity contribution in [3.05, 3.63) is 35.4 Å². The number of piperidine rings is 1. The lowest BCUT2D eigenvalue weighted by Gasteiger charge is -2.33. The Labute approximate surface area is 145 Å². The van der Waals surface area contributed by atoms with Crippen molar-refractivity contribution in [1.29, 1.82) is 0 Å². The number of nitrogens with one attached hydrogen (secondary N) is 2. The van der Waals surface area contributed by atoms with Crippen molar-refractivity contribution in [3.8, 4) is 0 Å². The zero-order valence-electron chi connectivity index (χ0n) is 14.7. The summed E-state index contributed by atoms with van der Waals surface area (Å²) in [6, 6.07) is 7.64. The van der Waals surface area contributed by atoms with Gasteiger partial charge in [0.05, 0.1) is 5.75 Å². The van der Waals surface area contributed by atoms with Crippen LogP contribution in [0.4, 0.5) is 0 Å². The maximum atomic E-state index is 11.7. The predicted molar refractivity (Wildman–Crippen MR) is 98.3 cm³/mol. The van der Waals surface area contributed by atoms with Gasteiger partial charge in [-0.3, -0.25) is 4.99 Å². The van der Waals surface area contributed by atoms with Gasteiger partial charge in [0.15, 0.2) is 5.96 Å².